The van der Waals surface area contributed by atoms with Gasteiger partial charge in [-0.25, -0.2) is 4.79 Å². The molecule has 34 heavy (non-hydrogen) atoms. The first-order chi connectivity index (χ1) is 16.2. The predicted octanol–water partition coefficient (Wildman–Crippen LogP) is 5.44. The van der Waals surface area contributed by atoms with Crippen molar-refractivity contribution in [1.29, 1.82) is 0 Å². The minimum Gasteiger partial charge on any atom is -0.445 e. The fourth-order valence-corrected chi connectivity index (χ4v) is 4.88. The first-order valence-electron chi connectivity index (χ1n) is 11.1. The van der Waals surface area contributed by atoms with E-state index in [-0.39, 0.29) is 31.0 Å². The summed E-state index contributed by atoms with van der Waals surface area (Å²) in [6, 6.07) is 17.5. The summed E-state index contributed by atoms with van der Waals surface area (Å²) in [5, 5.41) is 10.0. The number of halogens is 1. The lowest BCUT2D eigenvalue weighted by molar-refractivity contribution is -0.134. The smallest absolute Gasteiger partial charge is 0.407 e. The third-order valence-electron chi connectivity index (χ3n) is 5.21. The molecule has 6 nitrogen and oxygen atoms in total. The van der Waals surface area contributed by atoms with Gasteiger partial charge in [-0.2, -0.15) is 0 Å². The van der Waals surface area contributed by atoms with Crippen LogP contribution in [0.5, 0.6) is 0 Å². The maximum atomic E-state index is 13.3. The number of hydrogen-bond acceptors (Lipinski definition) is 6. The molecule has 0 saturated heterocycles. The van der Waals surface area contributed by atoms with E-state index in [1.165, 1.54) is 9.75 Å². The topological polar surface area (TPSA) is 70.7 Å². The van der Waals surface area contributed by atoms with Crippen molar-refractivity contribution < 1.29 is 14.3 Å². The number of nitrogens with zero attached hydrogens (tertiary/aromatic N) is 1. The number of rotatable bonds is 13. The molecule has 0 unspecified atom stereocenters. The molecule has 0 aliphatic heterocycles. The highest BCUT2D eigenvalue weighted by Crippen LogP contribution is 2.19. The molecule has 3 aromatic rings. The summed E-state index contributed by atoms with van der Waals surface area (Å²) < 4.78 is 5.23. The van der Waals surface area contributed by atoms with Gasteiger partial charge >= 0.3 is 6.09 Å². The standard InChI is InChI=1S/C25H31N3O3S2.ClH/c1-26-23(13-5-6-14-27-25(30)31-19-20-9-3-2-4-10-20)24(29)28(17-21-11-7-15-32-21)18-22-12-8-16-33-22;/h2-4,7-12,15-16,23,26H,5-6,13-14,17-19H2,1H3,(H,27,30);1H/t23-;/m0./s1. The van der Waals surface area contributed by atoms with Crippen LogP contribution in [0, 0.1) is 0 Å². The summed E-state index contributed by atoms with van der Waals surface area (Å²) in [5.74, 6) is 0.106. The van der Waals surface area contributed by atoms with Crippen LogP contribution in [0.15, 0.2) is 65.4 Å². The molecule has 2 amide bonds. The molecule has 0 spiro atoms. The fraction of sp³-hybridized carbons (Fsp3) is 0.360. The monoisotopic (exact) mass is 521 g/mol. The fourth-order valence-electron chi connectivity index (χ4n) is 3.44. The van der Waals surface area contributed by atoms with Gasteiger partial charge in [0.15, 0.2) is 0 Å². The van der Waals surface area contributed by atoms with E-state index in [4.69, 9.17) is 4.74 Å². The van der Waals surface area contributed by atoms with Gasteiger partial charge in [0.05, 0.1) is 19.1 Å². The minimum atomic E-state index is -0.418. The highest BCUT2D eigenvalue weighted by Gasteiger charge is 2.23. The molecule has 0 aliphatic carbocycles. The quantitative estimate of drug-likeness (QED) is 0.294. The lowest BCUT2D eigenvalue weighted by Crippen LogP contribution is -2.44. The van der Waals surface area contributed by atoms with E-state index in [1.807, 2.05) is 65.2 Å². The summed E-state index contributed by atoms with van der Waals surface area (Å²) in [4.78, 5) is 29.4. The number of thiophene rings is 2. The molecule has 0 fully saturated rings. The van der Waals surface area contributed by atoms with Crippen molar-refractivity contribution in [2.75, 3.05) is 13.6 Å². The molecule has 184 valence electrons. The number of ether oxygens (including phenoxy) is 1. The van der Waals surface area contributed by atoms with E-state index >= 15 is 0 Å². The van der Waals surface area contributed by atoms with Crippen molar-refractivity contribution in [1.82, 2.24) is 15.5 Å². The molecule has 0 aliphatic rings. The number of alkyl carbamates (subject to hydrolysis) is 1. The molecule has 3 rings (SSSR count). The van der Waals surface area contributed by atoms with Gasteiger partial charge in [0.25, 0.3) is 0 Å². The molecule has 9 heteroatoms. The second-order valence-electron chi connectivity index (χ2n) is 7.68. The zero-order valence-corrected chi connectivity index (χ0v) is 21.7. The summed E-state index contributed by atoms with van der Waals surface area (Å²) in [6.45, 7) is 2.00. The Hall–Kier alpha value is -2.39. The van der Waals surface area contributed by atoms with Gasteiger partial charge in [-0.3, -0.25) is 4.79 Å². The van der Waals surface area contributed by atoms with Gasteiger partial charge in [-0.05, 0) is 54.8 Å². The van der Waals surface area contributed by atoms with Crippen LogP contribution in [-0.4, -0.2) is 36.5 Å². The average Bonchev–Trinajstić information content (AvgIpc) is 3.54. The van der Waals surface area contributed by atoms with Gasteiger partial charge in [0, 0.05) is 16.3 Å². The van der Waals surface area contributed by atoms with Gasteiger partial charge in [0.1, 0.15) is 6.61 Å². The molecular formula is C25H32ClN3O3S2. The number of nitrogens with one attached hydrogen (secondary N) is 2. The maximum absolute atomic E-state index is 13.3. The number of likely N-dealkylation sites (N-methyl/N-ethyl adjacent to an activating group) is 1. The lowest BCUT2D eigenvalue weighted by atomic mass is 10.1. The van der Waals surface area contributed by atoms with Gasteiger partial charge in [-0.15, -0.1) is 35.1 Å². The number of benzene rings is 1. The van der Waals surface area contributed by atoms with Crippen LogP contribution in [0.3, 0.4) is 0 Å². The highest BCUT2D eigenvalue weighted by molar-refractivity contribution is 7.10. The summed E-state index contributed by atoms with van der Waals surface area (Å²) in [7, 11) is 1.83. The van der Waals surface area contributed by atoms with Crippen LogP contribution in [0.2, 0.25) is 0 Å². The Morgan fingerprint density at radius 2 is 1.59 bits per heavy atom. The van der Waals surface area contributed by atoms with Gasteiger partial charge in [0.2, 0.25) is 5.91 Å². The Labute approximate surface area is 215 Å². The minimum absolute atomic E-state index is 0. The summed E-state index contributed by atoms with van der Waals surface area (Å²) >= 11 is 3.33. The van der Waals surface area contributed by atoms with E-state index < -0.39 is 6.09 Å². The van der Waals surface area contributed by atoms with E-state index in [0.29, 0.717) is 26.1 Å². The molecular weight excluding hydrogens is 490 g/mol. The zero-order chi connectivity index (χ0) is 23.3. The number of unbranched alkanes of at least 4 members (excludes halogenated alkanes) is 1. The third-order valence-corrected chi connectivity index (χ3v) is 6.94. The van der Waals surface area contributed by atoms with Crippen molar-refractivity contribution >= 4 is 47.1 Å². The highest BCUT2D eigenvalue weighted by atomic mass is 35.5. The normalized spacial score (nSPS) is 11.3. The third kappa shape index (κ3) is 9.46. The maximum Gasteiger partial charge on any atom is 0.407 e. The zero-order valence-electron chi connectivity index (χ0n) is 19.3. The van der Waals surface area contributed by atoms with Crippen LogP contribution < -0.4 is 10.6 Å². The van der Waals surface area contributed by atoms with E-state index in [9.17, 15) is 9.59 Å². The van der Waals surface area contributed by atoms with Crippen molar-refractivity contribution in [3.05, 3.63) is 80.7 Å². The lowest BCUT2D eigenvalue weighted by Gasteiger charge is -2.26. The van der Waals surface area contributed by atoms with E-state index in [2.05, 4.69) is 22.8 Å². The summed E-state index contributed by atoms with van der Waals surface area (Å²) in [6.07, 6.45) is 1.89. The number of amides is 2. The first-order valence-corrected chi connectivity index (χ1v) is 12.9. The van der Waals surface area contributed by atoms with Crippen LogP contribution >= 0.6 is 35.1 Å². The van der Waals surface area contributed by atoms with Crippen molar-refractivity contribution in [3.63, 3.8) is 0 Å². The molecule has 1 aromatic carbocycles. The summed E-state index contributed by atoms with van der Waals surface area (Å²) in [5.41, 5.74) is 0.956. The van der Waals surface area contributed by atoms with Crippen LogP contribution in [-0.2, 0) is 29.2 Å². The molecule has 0 radical (unpaired) electrons. The molecule has 1 atom stereocenters. The Bertz CT molecular complexity index is 917. The van der Waals surface area contributed by atoms with Crippen molar-refractivity contribution in [3.8, 4) is 0 Å². The Balaban J connectivity index is 0.00000408. The van der Waals surface area contributed by atoms with E-state index in [0.717, 1.165) is 18.4 Å². The molecule has 0 saturated carbocycles. The first kappa shape index (κ1) is 27.9. The number of hydrogen-bond donors (Lipinski definition) is 2. The second-order valence-corrected chi connectivity index (χ2v) is 9.74. The van der Waals surface area contributed by atoms with Crippen LogP contribution in [0.25, 0.3) is 0 Å². The second kappa shape index (κ2) is 15.5. The Morgan fingerprint density at radius 3 is 2.15 bits per heavy atom. The van der Waals surface area contributed by atoms with Gasteiger partial charge in [-0.1, -0.05) is 42.5 Å². The predicted molar refractivity (Wildman–Crippen MR) is 141 cm³/mol. The van der Waals surface area contributed by atoms with Crippen LogP contribution in [0.4, 0.5) is 4.79 Å². The molecule has 2 heterocycles. The average molecular weight is 522 g/mol. The number of carbonyl (C=O) groups excluding carboxylic acids is 2. The Morgan fingerprint density at radius 1 is 0.941 bits per heavy atom. The molecule has 2 N–H and O–H groups in total. The van der Waals surface area contributed by atoms with E-state index in [1.54, 1.807) is 22.7 Å². The molecule has 2 aromatic heterocycles. The van der Waals surface area contributed by atoms with Crippen molar-refractivity contribution in [2.24, 2.45) is 0 Å². The van der Waals surface area contributed by atoms with Gasteiger partial charge < -0.3 is 20.3 Å². The largest absolute Gasteiger partial charge is 0.445 e. The molecule has 0 bridgehead atoms. The van der Waals surface area contributed by atoms with Crippen molar-refractivity contribution in [2.45, 2.75) is 45.0 Å². The SMILES string of the molecule is CN[C@@H](CCCCNC(=O)OCc1ccccc1)C(=O)N(Cc1cccs1)Cc1cccs1.Cl. The number of carbonyl (C=O) groups is 2. The van der Waals surface area contributed by atoms with Crippen LogP contribution in [0.1, 0.15) is 34.6 Å². The Kier molecular flexibility index (Phi) is 12.7.